The van der Waals surface area contributed by atoms with E-state index < -0.39 is 11.7 Å². The second-order valence-electron chi connectivity index (χ2n) is 14.6. The average molecular weight is 477 g/mol. The van der Waals surface area contributed by atoms with E-state index in [4.69, 9.17) is 0 Å². The SMILES string of the molecule is CC(CCC(O)C(C)(C)O)C1CC[C@@]2(C)[C@H]3CC=C4[C@@H](CCC(O)C4(C)C)[C@]3(C)C(O)C[C@]12C. The summed E-state index contributed by atoms with van der Waals surface area (Å²) in [5.41, 5.74) is 0.184. The Morgan fingerprint density at radius 3 is 2.24 bits per heavy atom. The molecule has 4 nitrogen and oxygen atoms in total. The summed E-state index contributed by atoms with van der Waals surface area (Å²) in [5, 5.41) is 43.3. The number of hydrogen-bond acceptors (Lipinski definition) is 4. The number of rotatable bonds is 5. The molecule has 0 aromatic heterocycles. The summed E-state index contributed by atoms with van der Waals surface area (Å²) in [6.07, 6.45) is 8.64. The van der Waals surface area contributed by atoms with Gasteiger partial charge in [-0.2, -0.15) is 0 Å². The molecule has 34 heavy (non-hydrogen) atoms. The minimum atomic E-state index is -1.07. The second-order valence-corrected chi connectivity index (χ2v) is 14.6. The van der Waals surface area contributed by atoms with Gasteiger partial charge in [-0.3, -0.25) is 0 Å². The number of hydrogen-bond donors (Lipinski definition) is 4. The Morgan fingerprint density at radius 2 is 1.62 bits per heavy atom. The fourth-order valence-corrected chi connectivity index (χ4v) is 9.64. The van der Waals surface area contributed by atoms with Gasteiger partial charge < -0.3 is 20.4 Å². The van der Waals surface area contributed by atoms with Gasteiger partial charge in [-0.25, -0.2) is 0 Å². The Hall–Kier alpha value is -0.420. The summed E-state index contributed by atoms with van der Waals surface area (Å²) in [5.74, 6) is 1.74. The molecule has 4 aliphatic rings. The van der Waals surface area contributed by atoms with Crippen LogP contribution in [0.1, 0.15) is 107 Å². The average Bonchev–Trinajstić information content (AvgIpc) is 2.99. The van der Waals surface area contributed by atoms with E-state index in [0.717, 1.165) is 32.1 Å². The van der Waals surface area contributed by atoms with Gasteiger partial charge in [0.15, 0.2) is 0 Å². The van der Waals surface area contributed by atoms with E-state index >= 15 is 0 Å². The molecular formula is C30H52O4. The quantitative estimate of drug-likeness (QED) is 0.397. The Morgan fingerprint density at radius 1 is 0.971 bits per heavy atom. The van der Waals surface area contributed by atoms with Crippen LogP contribution >= 0.6 is 0 Å². The molecule has 0 saturated heterocycles. The van der Waals surface area contributed by atoms with Crippen molar-refractivity contribution in [2.24, 2.45) is 45.3 Å². The van der Waals surface area contributed by atoms with Gasteiger partial charge in [0.2, 0.25) is 0 Å². The summed E-state index contributed by atoms with van der Waals surface area (Å²) in [7, 11) is 0. The van der Waals surface area contributed by atoms with Crippen LogP contribution < -0.4 is 0 Å². The smallest absolute Gasteiger partial charge is 0.0849 e. The molecule has 3 fully saturated rings. The Bertz CT molecular complexity index is 811. The van der Waals surface area contributed by atoms with E-state index in [-0.39, 0.29) is 33.9 Å². The van der Waals surface area contributed by atoms with Crippen LogP contribution in [-0.2, 0) is 0 Å². The Kier molecular flexibility index (Phi) is 6.50. The molecule has 4 N–H and O–H groups in total. The number of allylic oxidation sites excluding steroid dienone is 1. The Balaban J connectivity index is 1.63. The van der Waals surface area contributed by atoms with Crippen molar-refractivity contribution in [3.05, 3.63) is 11.6 Å². The van der Waals surface area contributed by atoms with Gasteiger partial charge in [-0.05, 0) is 99.7 Å². The molecule has 196 valence electrons. The van der Waals surface area contributed by atoms with Crippen molar-refractivity contribution in [3.8, 4) is 0 Å². The maximum atomic E-state index is 11.9. The molecule has 0 aliphatic heterocycles. The number of fused-ring (bicyclic) bond motifs is 5. The molecule has 0 amide bonds. The third kappa shape index (κ3) is 3.60. The van der Waals surface area contributed by atoms with Crippen LogP contribution in [0.4, 0.5) is 0 Å². The zero-order valence-electron chi connectivity index (χ0n) is 23.1. The molecule has 10 atom stereocenters. The number of aliphatic hydroxyl groups is 4. The van der Waals surface area contributed by atoms with Gasteiger partial charge in [0.1, 0.15) is 0 Å². The standard InChI is InChI=1S/C30H52O4/c1-18(9-13-24(32)27(4,5)34)19-15-16-28(6)22-12-10-20-21(11-14-23(31)26(20,2)3)30(22,8)25(33)17-29(19,28)7/h10,18-19,21-25,31-34H,9,11-17H2,1-8H3/t18?,19?,21-,22-,23?,24?,25?,28+,29-,30+/m1/s1. The first kappa shape index (κ1) is 26.6. The van der Waals surface area contributed by atoms with E-state index in [9.17, 15) is 20.4 Å². The summed E-state index contributed by atoms with van der Waals surface area (Å²) in [4.78, 5) is 0. The van der Waals surface area contributed by atoms with Crippen LogP contribution in [0.25, 0.3) is 0 Å². The van der Waals surface area contributed by atoms with E-state index in [0.29, 0.717) is 30.1 Å². The molecule has 5 unspecified atom stereocenters. The zero-order chi connectivity index (χ0) is 25.5. The lowest BCUT2D eigenvalue weighted by Crippen LogP contribution is -2.64. The molecule has 4 aliphatic carbocycles. The normalized spacial score (nSPS) is 47.8. The highest BCUT2D eigenvalue weighted by Crippen LogP contribution is 2.74. The summed E-state index contributed by atoms with van der Waals surface area (Å²) in [6, 6.07) is 0. The van der Waals surface area contributed by atoms with Gasteiger partial charge >= 0.3 is 0 Å². The number of aliphatic hydroxyl groups excluding tert-OH is 3. The van der Waals surface area contributed by atoms with E-state index in [2.05, 4.69) is 47.6 Å². The maximum absolute atomic E-state index is 11.9. The molecule has 3 saturated carbocycles. The van der Waals surface area contributed by atoms with Crippen molar-refractivity contribution >= 4 is 0 Å². The molecule has 0 bridgehead atoms. The van der Waals surface area contributed by atoms with Crippen LogP contribution in [0, 0.1) is 45.3 Å². The van der Waals surface area contributed by atoms with Gasteiger partial charge in [0, 0.05) is 10.8 Å². The molecule has 0 spiro atoms. The topological polar surface area (TPSA) is 80.9 Å². The minimum absolute atomic E-state index is 0.0603. The van der Waals surface area contributed by atoms with Crippen molar-refractivity contribution in [3.63, 3.8) is 0 Å². The highest BCUT2D eigenvalue weighted by molar-refractivity contribution is 5.31. The van der Waals surface area contributed by atoms with E-state index in [1.165, 1.54) is 18.4 Å². The lowest BCUT2D eigenvalue weighted by Gasteiger charge is -2.67. The first-order valence-electron chi connectivity index (χ1n) is 14.0. The summed E-state index contributed by atoms with van der Waals surface area (Å²) < 4.78 is 0. The van der Waals surface area contributed by atoms with Gasteiger partial charge in [-0.15, -0.1) is 0 Å². The molecule has 0 radical (unpaired) electrons. The van der Waals surface area contributed by atoms with Crippen molar-refractivity contribution in [1.29, 1.82) is 0 Å². The highest BCUT2D eigenvalue weighted by Gasteiger charge is 2.70. The van der Waals surface area contributed by atoms with Crippen molar-refractivity contribution < 1.29 is 20.4 Å². The first-order chi connectivity index (χ1) is 15.5. The lowest BCUT2D eigenvalue weighted by molar-refractivity contribution is -0.204. The van der Waals surface area contributed by atoms with E-state index in [1.807, 2.05) is 0 Å². The first-order valence-corrected chi connectivity index (χ1v) is 14.0. The molecule has 0 heterocycles. The lowest BCUT2D eigenvalue weighted by atomic mass is 9.38. The fraction of sp³-hybridized carbons (Fsp3) is 0.933. The predicted octanol–water partition coefficient (Wildman–Crippen LogP) is 5.47. The molecule has 0 aromatic carbocycles. The molecule has 4 heteroatoms. The van der Waals surface area contributed by atoms with Crippen LogP contribution in [0.5, 0.6) is 0 Å². The van der Waals surface area contributed by atoms with Gasteiger partial charge in [-0.1, -0.05) is 53.2 Å². The maximum Gasteiger partial charge on any atom is 0.0849 e. The van der Waals surface area contributed by atoms with Gasteiger partial charge in [0.25, 0.3) is 0 Å². The van der Waals surface area contributed by atoms with Crippen molar-refractivity contribution in [2.45, 2.75) is 131 Å². The highest BCUT2D eigenvalue weighted by atomic mass is 16.3. The Labute approximate surface area is 208 Å². The molecule has 0 aromatic rings. The molecule has 4 rings (SSSR count). The summed E-state index contributed by atoms with van der Waals surface area (Å²) >= 11 is 0. The monoisotopic (exact) mass is 476 g/mol. The van der Waals surface area contributed by atoms with Crippen LogP contribution in [0.15, 0.2) is 11.6 Å². The van der Waals surface area contributed by atoms with E-state index in [1.54, 1.807) is 13.8 Å². The van der Waals surface area contributed by atoms with Crippen LogP contribution in [0.2, 0.25) is 0 Å². The van der Waals surface area contributed by atoms with Gasteiger partial charge in [0.05, 0.1) is 23.9 Å². The third-order valence-electron chi connectivity index (χ3n) is 12.4. The molecular weight excluding hydrogens is 424 g/mol. The third-order valence-corrected chi connectivity index (χ3v) is 12.4. The zero-order valence-corrected chi connectivity index (χ0v) is 23.1. The minimum Gasteiger partial charge on any atom is -0.393 e. The summed E-state index contributed by atoms with van der Waals surface area (Å²) in [6.45, 7) is 17.4. The van der Waals surface area contributed by atoms with Crippen LogP contribution in [-0.4, -0.2) is 44.3 Å². The second kappa shape index (κ2) is 8.30. The van der Waals surface area contributed by atoms with Crippen molar-refractivity contribution in [1.82, 2.24) is 0 Å². The fourth-order valence-electron chi connectivity index (χ4n) is 9.64. The van der Waals surface area contributed by atoms with Crippen LogP contribution in [0.3, 0.4) is 0 Å². The predicted molar refractivity (Wildman–Crippen MR) is 137 cm³/mol. The largest absolute Gasteiger partial charge is 0.393 e. The van der Waals surface area contributed by atoms with Crippen molar-refractivity contribution in [2.75, 3.05) is 0 Å².